The van der Waals surface area contributed by atoms with Crippen molar-refractivity contribution in [2.24, 2.45) is 0 Å². The Balaban J connectivity index is 1.78. The van der Waals surface area contributed by atoms with Gasteiger partial charge < -0.3 is 18.9 Å². The lowest BCUT2D eigenvalue weighted by molar-refractivity contribution is -0.120. The van der Waals surface area contributed by atoms with E-state index in [4.69, 9.17) is 9.47 Å². The number of ether oxygens (including phenoxy) is 2. The predicted octanol–water partition coefficient (Wildman–Crippen LogP) is 2.69. The van der Waals surface area contributed by atoms with E-state index in [-0.39, 0.29) is 18.1 Å². The molecule has 0 aliphatic heterocycles. The first-order valence-corrected chi connectivity index (χ1v) is 8.67. The third-order valence-electron chi connectivity index (χ3n) is 4.38. The summed E-state index contributed by atoms with van der Waals surface area (Å²) < 4.78 is 12.4. The van der Waals surface area contributed by atoms with Gasteiger partial charge in [0.15, 0.2) is 6.61 Å². The topological polar surface area (TPSA) is 60.8 Å². The number of pyridine rings is 1. The summed E-state index contributed by atoms with van der Waals surface area (Å²) >= 11 is 0. The number of hydrogen-bond acceptors (Lipinski definition) is 4. The number of amides is 1. The van der Waals surface area contributed by atoms with E-state index < -0.39 is 0 Å². The smallest absolute Gasteiger partial charge is 0.264 e. The van der Waals surface area contributed by atoms with Gasteiger partial charge in [-0.05, 0) is 30.3 Å². The van der Waals surface area contributed by atoms with Crippen molar-refractivity contribution in [3.8, 4) is 5.75 Å². The molecule has 140 valence electrons. The molecular formula is C21H22N2O4. The van der Waals surface area contributed by atoms with Gasteiger partial charge in [-0.15, -0.1) is 0 Å². The molecule has 2 aromatic carbocycles. The first-order valence-electron chi connectivity index (χ1n) is 8.67. The van der Waals surface area contributed by atoms with Crippen LogP contribution in [0.3, 0.4) is 0 Å². The number of fused-ring (bicyclic) bond motifs is 1. The zero-order valence-electron chi connectivity index (χ0n) is 15.4. The van der Waals surface area contributed by atoms with Crippen LogP contribution in [-0.4, -0.2) is 37.8 Å². The van der Waals surface area contributed by atoms with Crippen molar-refractivity contribution in [1.29, 1.82) is 0 Å². The van der Waals surface area contributed by atoms with Crippen molar-refractivity contribution in [3.63, 3.8) is 0 Å². The highest BCUT2D eigenvalue weighted by Gasteiger charge is 2.13. The third-order valence-corrected chi connectivity index (χ3v) is 4.38. The summed E-state index contributed by atoms with van der Waals surface area (Å²) in [6, 6.07) is 16.5. The number of aromatic nitrogens is 1. The Morgan fingerprint density at radius 1 is 1.04 bits per heavy atom. The highest BCUT2D eigenvalue weighted by Crippen LogP contribution is 2.23. The molecule has 0 unspecified atom stereocenters. The number of rotatable bonds is 7. The number of methoxy groups -OCH3 is 1. The van der Waals surface area contributed by atoms with Crippen molar-refractivity contribution in [1.82, 2.24) is 4.57 Å². The van der Waals surface area contributed by atoms with Gasteiger partial charge >= 0.3 is 0 Å². The van der Waals surface area contributed by atoms with E-state index in [1.165, 1.54) is 0 Å². The maximum absolute atomic E-state index is 12.6. The molecule has 3 aromatic rings. The highest BCUT2D eigenvalue weighted by atomic mass is 16.5. The van der Waals surface area contributed by atoms with Crippen LogP contribution >= 0.6 is 0 Å². The van der Waals surface area contributed by atoms with Gasteiger partial charge in [-0.2, -0.15) is 0 Å². The summed E-state index contributed by atoms with van der Waals surface area (Å²) in [7, 11) is 3.31. The number of likely N-dealkylation sites (N-methyl/N-ethyl adjacent to an activating group) is 1. The molecule has 0 fully saturated rings. The zero-order valence-corrected chi connectivity index (χ0v) is 15.4. The second kappa shape index (κ2) is 8.51. The fourth-order valence-corrected chi connectivity index (χ4v) is 2.81. The number of hydrogen-bond donors (Lipinski definition) is 0. The lowest BCUT2D eigenvalue weighted by atomic mass is 10.1. The van der Waals surface area contributed by atoms with Crippen LogP contribution in [0.4, 0.5) is 5.69 Å². The minimum Gasteiger partial charge on any atom is -0.483 e. The van der Waals surface area contributed by atoms with Gasteiger partial charge in [0.25, 0.3) is 11.5 Å². The number of carbonyl (C=O) groups excluding carboxylic acids is 1. The summed E-state index contributed by atoms with van der Waals surface area (Å²) in [5.74, 6) is 0.338. The quantitative estimate of drug-likeness (QED) is 0.645. The molecular weight excluding hydrogens is 344 g/mol. The van der Waals surface area contributed by atoms with Gasteiger partial charge in [0.05, 0.1) is 12.0 Å². The molecule has 1 aromatic heterocycles. The van der Waals surface area contributed by atoms with E-state index in [0.717, 1.165) is 5.69 Å². The Morgan fingerprint density at radius 2 is 1.81 bits per heavy atom. The molecule has 0 radical (unpaired) electrons. The van der Waals surface area contributed by atoms with Crippen LogP contribution in [0.5, 0.6) is 5.75 Å². The molecule has 0 aliphatic carbocycles. The maximum Gasteiger partial charge on any atom is 0.264 e. The first-order chi connectivity index (χ1) is 13.1. The summed E-state index contributed by atoms with van der Waals surface area (Å²) in [5.41, 5.74) is 0.688. The van der Waals surface area contributed by atoms with Gasteiger partial charge in [0.2, 0.25) is 0 Å². The van der Waals surface area contributed by atoms with Gasteiger partial charge in [-0.3, -0.25) is 9.59 Å². The lowest BCUT2D eigenvalue weighted by Gasteiger charge is -2.18. The molecule has 27 heavy (non-hydrogen) atoms. The van der Waals surface area contributed by atoms with Crippen molar-refractivity contribution in [2.75, 3.05) is 32.3 Å². The van der Waals surface area contributed by atoms with Crippen molar-refractivity contribution in [3.05, 3.63) is 71.1 Å². The molecule has 0 bridgehead atoms. The average Bonchev–Trinajstić information content (AvgIpc) is 2.71. The molecule has 6 heteroatoms. The van der Waals surface area contributed by atoms with Crippen LogP contribution in [0.1, 0.15) is 0 Å². The number of anilines is 1. The molecule has 0 saturated heterocycles. The van der Waals surface area contributed by atoms with Gasteiger partial charge in [0, 0.05) is 38.0 Å². The minimum absolute atomic E-state index is 0.109. The minimum atomic E-state index is -0.174. The molecule has 1 amide bonds. The second-order valence-electron chi connectivity index (χ2n) is 6.10. The van der Waals surface area contributed by atoms with Gasteiger partial charge in [0.1, 0.15) is 5.75 Å². The largest absolute Gasteiger partial charge is 0.483 e. The number of carbonyl (C=O) groups is 1. The predicted molar refractivity (Wildman–Crippen MR) is 105 cm³/mol. The van der Waals surface area contributed by atoms with Crippen LogP contribution in [-0.2, 0) is 16.1 Å². The lowest BCUT2D eigenvalue weighted by Crippen LogP contribution is -2.31. The van der Waals surface area contributed by atoms with Crippen LogP contribution in [0, 0.1) is 0 Å². The van der Waals surface area contributed by atoms with E-state index in [9.17, 15) is 9.59 Å². The molecule has 3 rings (SSSR count). The second-order valence-corrected chi connectivity index (χ2v) is 6.10. The molecule has 0 atom stereocenters. The number of para-hydroxylation sites is 1. The van der Waals surface area contributed by atoms with Crippen molar-refractivity contribution in [2.45, 2.75) is 6.54 Å². The molecule has 1 heterocycles. The molecule has 0 spiro atoms. The summed E-state index contributed by atoms with van der Waals surface area (Å²) in [5, 5.41) is 1.24. The van der Waals surface area contributed by atoms with Crippen LogP contribution in [0.15, 0.2) is 65.6 Å². The average molecular weight is 366 g/mol. The molecule has 0 N–H and O–H groups in total. The normalized spacial score (nSPS) is 10.7. The summed E-state index contributed by atoms with van der Waals surface area (Å²) in [6.45, 7) is 0.829. The monoisotopic (exact) mass is 366 g/mol. The third kappa shape index (κ3) is 4.17. The van der Waals surface area contributed by atoms with E-state index in [1.54, 1.807) is 48.0 Å². The van der Waals surface area contributed by atoms with Crippen molar-refractivity contribution >= 4 is 22.4 Å². The fraction of sp³-hybridized carbons (Fsp3) is 0.238. The molecule has 6 nitrogen and oxygen atoms in total. The maximum atomic E-state index is 12.6. The summed E-state index contributed by atoms with van der Waals surface area (Å²) in [6.07, 6.45) is 1.72. The van der Waals surface area contributed by atoms with E-state index in [2.05, 4.69) is 0 Å². The Hall–Kier alpha value is -3.12. The Labute approximate surface area is 157 Å². The number of benzene rings is 2. The highest BCUT2D eigenvalue weighted by molar-refractivity contribution is 5.94. The van der Waals surface area contributed by atoms with Gasteiger partial charge in [-0.25, -0.2) is 0 Å². The van der Waals surface area contributed by atoms with Gasteiger partial charge in [-0.1, -0.05) is 24.3 Å². The standard InChI is InChI=1S/C21H22N2O4/c1-22(16-7-4-3-5-8-16)20(24)15-27-19-10-6-9-18-17(19)11-12-23(21(18)25)13-14-26-2/h3-12H,13-15H2,1-2H3. The van der Waals surface area contributed by atoms with E-state index in [1.807, 2.05) is 36.4 Å². The fourth-order valence-electron chi connectivity index (χ4n) is 2.81. The molecule has 0 aliphatic rings. The van der Waals surface area contributed by atoms with E-state index in [0.29, 0.717) is 29.7 Å². The first kappa shape index (κ1) is 18.7. The van der Waals surface area contributed by atoms with E-state index >= 15 is 0 Å². The van der Waals surface area contributed by atoms with Crippen LogP contribution < -0.4 is 15.2 Å². The van der Waals surface area contributed by atoms with Crippen molar-refractivity contribution < 1.29 is 14.3 Å². The van der Waals surface area contributed by atoms with Crippen LogP contribution in [0.2, 0.25) is 0 Å². The Bertz CT molecular complexity index is 982. The molecule has 0 saturated carbocycles. The number of nitrogens with zero attached hydrogens (tertiary/aromatic N) is 2. The zero-order chi connectivity index (χ0) is 19.2. The van der Waals surface area contributed by atoms with Crippen LogP contribution in [0.25, 0.3) is 10.8 Å². The Kier molecular flexibility index (Phi) is 5.88. The Morgan fingerprint density at radius 3 is 2.56 bits per heavy atom. The SMILES string of the molecule is COCCn1ccc2c(OCC(=O)N(C)c3ccccc3)cccc2c1=O. The summed E-state index contributed by atoms with van der Waals surface area (Å²) in [4.78, 5) is 26.6.